The fourth-order valence-electron chi connectivity index (χ4n) is 2.78. The van der Waals surface area contributed by atoms with E-state index in [0.717, 1.165) is 31.5 Å². The largest absolute Gasteiger partial charge is 0.349 e. The van der Waals surface area contributed by atoms with Crippen LogP contribution >= 0.6 is 0 Å². The third kappa shape index (κ3) is 3.17. The summed E-state index contributed by atoms with van der Waals surface area (Å²) in [7, 11) is -3.37. The van der Waals surface area contributed by atoms with Crippen LogP contribution in [0, 0.1) is 5.92 Å². The third-order valence-corrected chi connectivity index (χ3v) is 6.21. The quantitative estimate of drug-likeness (QED) is 0.797. The zero-order valence-corrected chi connectivity index (χ0v) is 13.5. The fraction of sp³-hybridized carbons (Fsp3) is 0.733. The summed E-state index contributed by atoms with van der Waals surface area (Å²) >= 11 is 0. The van der Waals surface area contributed by atoms with Gasteiger partial charge in [-0.2, -0.15) is 4.31 Å². The lowest BCUT2D eigenvalue weighted by Crippen LogP contribution is -2.34. The highest BCUT2D eigenvalue weighted by Crippen LogP contribution is 2.38. The normalized spacial score (nSPS) is 19.4. The number of hydrogen-bond donors (Lipinski definition) is 1. The second-order valence-corrected chi connectivity index (χ2v) is 8.20. The van der Waals surface area contributed by atoms with Crippen LogP contribution in [0.15, 0.2) is 17.2 Å². The maximum atomic E-state index is 12.9. The summed E-state index contributed by atoms with van der Waals surface area (Å²) in [4.78, 5) is 0.420. The summed E-state index contributed by atoms with van der Waals surface area (Å²) < 4.78 is 29.6. The van der Waals surface area contributed by atoms with Crippen molar-refractivity contribution < 1.29 is 8.42 Å². The summed E-state index contributed by atoms with van der Waals surface area (Å²) in [5.41, 5.74) is 6.65. The number of aryl methyl sites for hydroxylation is 1. The first kappa shape index (κ1) is 15.1. The number of nitrogens with zero attached hydrogens (tertiary/aromatic N) is 2. The van der Waals surface area contributed by atoms with E-state index in [1.165, 1.54) is 12.8 Å². The lowest BCUT2D eigenvalue weighted by Gasteiger charge is -2.21. The van der Waals surface area contributed by atoms with Crippen molar-refractivity contribution in [3.05, 3.63) is 18.0 Å². The van der Waals surface area contributed by atoms with Gasteiger partial charge in [0.05, 0.1) is 0 Å². The summed E-state index contributed by atoms with van der Waals surface area (Å²) in [5.74, 6) is 0.576. The molecule has 1 heterocycles. The van der Waals surface area contributed by atoms with E-state index in [9.17, 15) is 8.42 Å². The average Bonchev–Trinajstić information content (AvgIpc) is 3.35. The minimum atomic E-state index is -3.37. The van der Waals surface area contributed by atoms with Crippen LogP contribution < -0.4 is 5.73 Å². The molecule has 0 amide bonds. The predicted molar refractivity (Wildman–Crippen MR) is 82.3 cm³/mol. The highest BCUT2D eigenvalue weighted by molar-refractivity contribution is 7.89. The lowest BCUT2D eigenvalue weighted by atomic mass is 10.4. The van der Waals surface area contributed by atoms with E-state index in [0.29, 0.717) is 23.9 Å². The monoisotopic (exact) mass is 311 g/mol. The van der Waals surface area contributed by atoms with Crippen LogP contribution in [-0.4, -0.2) is 29.9 Å². The molecule has 3 rings (SSSR count). The lowest BCUT2D eigenvalue weighted by molar-refractivity contribution is 0.388. The maximum absolute atomic E-state index is 12.9. The highest BCUT2D eigenvalue weighted by Gasteiger charge is 2.41. The van der Waals surface area contributed by atoms with Crippen molar-refractivity contribution in [3.63, 3.8) is 0 Å². The Labute approximate surface area is 127 Å². The number of nitrogens with two attached hydrogens (primary N) is 1. The van der Waals surface area contributed by atoms with Gasteiger partial charge in [0, 0.05) is 37.6 Å². The van der Waals surface area contributed by atoms with Crippen LogP contribution in [0.5, 0.6) is 0 Å². The zero-order valence-electron chi connectivity index (χ0n) is 12.7. The number of hydrogen-bond acceptors (Lipinski definition) is 3. The van der Waals surface area contributed by atoms with E-state index in [4.69, 9.17) is 5.73 Å². The molecule has 2 fully saturated rings. The van der Waals surface area contributed by atoms with Crippen LogP contribution in [0.25, 0.3) is 0 Å². The first-order valence-electron chi connectivity index (χ1n) is 7.97. The van der Waals surface area contributed by atoms with E-state index in [1.807, 2.05) is 4.57 Å². The molecule has 0 bridgehead atoms. The van der Waals surface area contributed by atoms with Crippen molar-refractivity contribution in [2.75, 3.05) is 6.54 Å². The second kappa shape index (κ2) is 5.74. The van der Waals surface area contributed by atoms with E-state index in [-0.39, 0.29) is 6.04 Å². The van der Waals surface area contributed by atoms with E-state index >= 15 is 0 Å². The van der Waals surface area contributed by atoms with Crippen molar-refractivity contribution >= 4 is 10.0 Å². The van der Waals surface area contributed by atoms with E-state index in [2.05, 4.69) is 6.92 Å². The highest BCUT2D eigenvalue weighted by atomic mass is 32.2. The van der Waals surface area contributed by atoms with Gasteiger partial charge in [0.25, 0.3) is 0 Å². The first-order chi connectivity index (χ1) is 10.1. The van der Waals surface area contributed by atoms with Crippen molar-refractivity contribution in [3.8, 4) is 0 Å². The molecule has 1 aromatic rings. The molecule has 2 aliphatic carbocycles. The van der Waals surface area contributed by atoms with Gasteiger partial charge < -0.3 is 10.3 Å². The molecule has 2 N–H and O–H groups in total. The molecular weight excluding hydrogens is 286 g/mol. The summed E-state index contributed by atoms with van der Waals surface area (Å²) in [5, 5.41) is 0. The Balaban J connectivity index is 1.88. The molecule has 0 spiro atoms. The van der Waals surface area contributed by atoms with Crippen molar-refractivity contribution in [2.45, 2.75) is 63.1 Å². The zero-order chi connectivity index (χ0) is 15.0. The van der Waals surface area contributed by atoms with Gasteiger partial charge in [-0.15, -0.1) is 0 Å². The minimum absolute atomic E-state index is 0.228. The van der Waals surface area contributed by atoms with Gasteiger partial charge in [0.2, 0.25) is 10.0 Å². The molecule has 0 radical (unpaired) electrons. The second-order valence-electron chi connectivity index (χ2n) is 6.31. The van der Waals surface area contributed by atoms with Gasteiger partial charge in [-0.05, 0) is 44.1 Å². The van der Waals surface area contributed by atoms with Gasteiger partial charge in [0.15, 0.2) is 0 Å². The molecule has 118 valence electrons. The standard InChI is InChI=1S/C15H25N3O2S/c1-2-7-17-11-15(8-14(17)9-16)21(19,20)18(13-5-6-13)10-12-3-4-12/h8,11-13H,2-7,9-10,16H2,1H3. The molecule has 0 aliphatic heterocycles. The Hall–Kier alpha value is -0.850. The molecule has 0 aromatic carbocycles. The van der Waals surface area contributed by atoms with Crippen LogP contribution in [-0.2, 0) is 23.1 Å². The van der Waals surface area contributed by atoms with Crippen molar-refractivity contribution in [1.82, 2.24) is 8.87 Å². The van der Waals surface area contributed by atoms with Crippen LogP contribution in [0.1, 0.15) is 44.7 Å². The van der Waals surface area contributed by atoms with Crippen molar-refractivity contribution in [2.24, 2.45) is 11.7 Å². The third-order valence-electron chi connectivity index (χ3n) is 4.33. The predicted octanol–water partition coefficient (Wildman–Crippen LogP) is 1.92. The Bertz CT molecular complexity index is 600. The van der Waals surface area contributed by atoms with E-state index in [1.54, 1.807) is 16.6 Å². The Morgan fingerprint density at radius 1 is 1.33 bits per heavy atom. The molecule has 0 atom stereocenters. The van der Waals surface area contributed by atoms with Crippen LogP contribution in [0.4, 0.5) is 0 Å². The molecular formula is C15H25N3O2S. The topological polar surface area (TPSA) is 68.3 Å². The Kier molecular flexibility index (Phi) is 4.12. The number of sulfonamides is 1. The van der Waals surface area contributed by atoms with Gasteiger partial charge in [-0.1, -0.05) is 6.92 Å². The average molecular weight is 311 g/mol. The Morgan fingerprint density at radius 3 is 2.57 bits per heavy atom. The van der Waals surface area contributed by atoms with E-state index < -0.39 is 10.0 Å². The van der Waals surface area contributed by atoms with Gasteiger partial charge >= 0.3 is 0 Å². The van der Waals surface area contributed by atoms with Gasteiger partial charge in [-0.25, -0.2) is 8.42 Å². The summed E-state index contributed by atoms with van der Waals surface area (Å²) in [6.07, 6.45) is 7.09. The molecule has 21 heavy (non-hydrogen) atoms. The summed E-state index contributed by atoms with van der Waals surface area (Å²) in [6, 6.07) is 1.99. The molecule has 5 nitrogen and oxygen atoms in total. The van der Waals surface area contributed by atoms with Gasteiger partial charge in [-0.3, -0.25) is 0 Å². The minimum Gasteiger partial charge on any atom is -0.349 e. The van der Waals surface area contributed by atoms with Crippen LogP contribution in [0.3, 0.4) is 0 Å². The summed E-state index contributed by atoms with van der Waals surface area (Å²) in [6.45, 7) is 3.97. The molecule has 2 aliphatic rings. The number of aromatic nitrogens is 1. The molecule has 1 aromatic heterocycles. The Morgan fingerprint density at radius 2 is 2.05 bits per heavy atom. The number of rotatable bonds is 8. The molecule has 0 unspecified atom stereocenters. The van der Waals surface area contributed by atoms with Gasteiger partial charge in [0.1, 0.15) is 4.90 Å². The smallest absolute Gasteiger partial charge is 0.244 e. The maximum Gasteiger partial charge on any atom is 0.244 e. The molecule has 2 saturated carbocycles. The molecule has 6 heteroatoms. The first-order valence-corrected chi connectivity index (χ1v) is 9.41. The fourth-order valence-corrected chi connectivity index (χ4v) is 4.61. The molecule has 0 saturated heterocycles. The van der Waals surface area contributed by atoms with Crippen molar-refractivity contribution in [1.29, 1.82) is 0 Å². The SMILES string of the molecule is CCCn1cc(S(=O)(=O)N(CC2CC2)C2CC2)cc1CN. The van der Waals surface area contributed by atoms with Crippen LogP contribution in [0.2, 0.25) is 0 Å².